The first-order valence-electron chi connectivity index (χ1n) is 9.38. The molecule has 4 nitrogen and oxygen atoms in total. The van der Waals surface area contributed by atoms with Crippen molar-refractivity contribution in [2.24, 2.45) is 0 Å². The average Bonchev–Trinajstić information content (AvgIpc) is 3.11. The number of piperazine rings is 1. The molecule has 4 heteroatoms. The molecule has 26 heavy (non-hydrogen) atoms. The van der Waals surface area contributed by atoms with Crippen LogP contribution in [0.3, 0.4) is 0 Å². The lowest BCUT2D eigenvalue weighted by molar-refractivity contribution is -0.132. The second kappa shape index (κ2) is 7.75. The van der Waals surface area contributed by atoms with Crippen LogP contribution in [0.4, 0.5) is 0 Å². The zero-order valence-electron chi connectivity index (χ0n) is 15.0. The molecule has 134 valence electrons. The quantitative estimate of drug-likeness (QED) is 0.770. The van der Waals surface area contributed by atoms with E-state index in [9.17, 15) is 4.79 Å². The molecule has 4 rings (SSSR count). The lowest BCUT2D eigenvalue weighted by atomic mass is 10.1. The van der Waals surface area contributed by atoms with Crippen molar-refractivity contribution in [3.8, 4) is 0 Å². The van der Waals surface area contributed by atoms with Gasteiger partial charge < -0.3 is 9.88 Å². The molecule has 0 radical (unpaired) electrons. The van der Waals surface area contributed by atoms with Gasteiger partial charge in [-0.25, -0.2) is 0 Å². The molecule has 1 saturated heterocycles. The largest absolute Gasteiger partial charge is 0.361 e. The predicted molar refractivity (Wildman–Crippen MR) is 105 cm³/mol. The summed E-state index contributed by atoms with van der Waals surface area (Å²) in [4.78, 5) is 20.3. The fourth-order valence-corrected chi connectivity index (χ4v) is 3.72. The molecule has 1 fully saturated rings. The van der Waals surface area contributed by atoms with Crippen molar-refractivity contribution in [3.63, 3.8) is 0 Å². The highest BCUT2D eigenvalue weighted by Gasteiger charge is 2.21. The second-order valence-corrected chi connectivity index (χ2v) is 6.99. The maximum Gasteiger partial charge on any atom is 0.227 e. The number of hydrogen-bond acceptors (Lipinski definition) is 2. The summed E-state index contributed by atoms with van der Waals surface area (Å²) in [7, 11) is 0. The Balaban J connectivity index is 1.26. The molecular formula is C22H25N3O. The summed E-state index contributed by atoms with van der Waals surface area (Å²) in [6.45, 7) is 4.63. The third kappa shape index (κ3) is 3.81. The average molecular weight is 347 g/mol. The van der Waals surface area contributed by atoms with Gasteiger partial charge >= 0.3 is 0 Å². The van der Waals surface area contributed by atoms with Gasteiger partial charge in [0.2, 0.25) is 5.91 Å². The standard InChI is InChI=1S/C22H25N3O/c26-22(16-18-6-2-1-3-7-18)25-14-12-24(13-15-25)11-10-19-17-23-21-9-5-4-8-20(19)21/h1-9,17,23H,10-16H2. The smallest absolute Gasteiger partial charge is 0.227 e. The SMILES string of the molecule is O=C(Cc1ccccc1)N1CCN(CCc2c[nH]c3ccccc23)CC1. The lowest BCUT2D eigenvalue weighted by Gasteiger charge is -2.34. The highest BCUT2D eigenvalue weighted by molar-refractivity contribution is 5.83. The van der Waals surface area contributed by atoms with Crippen molar-refractivity contribution in [1.29, 1.82) is 0 Å². The molecule has 1 N–H and O–H groups in total. The van der Waals surface area contributed by atoms with Crippen molar-refractivity contribution < 1.29 is 4.79 Å². The van der Waals surface area contributed by atoms with Gasteiger partial charge in [0.05, 0.1) is 6.42 Å². The number of carbonyl (C=O) groups is 1. The number of hydrogen-bond donors (Lipinski definition) is 1. The molecule has 1 amide bonds. The van der Waals surface area contributed by atoms with Gasteiger partial charge in [-0.2, -0.15) is 0 Å². The molecule has 0 unspecified atom stereocenters. The number of nitrogens with one attached hydrogen (secondary N) is 1. The Morgan fingerprint density at radius 1 is 0.923 bits per heavy atom. The summed E-state index contributed by atoms with van der Waals surface area (Å²) in [6, 6.07) is 18.5. The van der Waals surface area contributed by atoms with Crippen LogP contribution in [0.2, 0.25) is 0 Å². The topological polar surface area (TPSA) is 39.3 Å². The maximum absolute atomic E-state index is 12.5. The number of aromatic nitrogens is 1. The number of carbonyl (C=O) groups excluding carboxylic acids is 1. The molecule has 3 aromatic rings. The Labute approximate surface area is 154 Å². The first-order valence-corrected chi connectivity index (χ1v) is 9.38. The van der Waals surface area contributed by atoms with E-state index in [4.69, 9.17) is 0 Å². The monoisotopic (exact) mass is 347 g/mol. The lowest BCUT2D eigenvalue weighted by Crippen LogP contribution is -2.49. The molecular weight excluding hydrogens is 322 g/mol. The van der Waals surface area contributed by atoms with Crippen LogP contribution in [-0.4, -0.2) is 53.4 Å². The maximum atomic E-state index is 12.5. The van der Waals surface area contributed by atoms with Gasteiger partial charge in [0.1, 0.15) is 0 Å². The van der Waals surface area contributed by atoms with Gasteiger partial charge in [-0.1, -0.05) is 48.5 Å². The van der Waals surface area contributed by atoms with Crippen molar-refractivity contribution in [2.75, 3.05) is 32.7 Å². The Morgan fingerprint density at radius 2 is 1.65 bits per heavy atom. The Kier molecular flexibility index (Phi) is 5.02. The highest BCUT2D eigenvalue weighted by atomic mass is 16.2. The van der Waals surface area contributed by atoms with Crippen LogP contribution >= 0.6 is 0 Å². The second-order valence-electron chi connectivity index (χ2n) is 6.99. The fraction of sp³-hybridized carbons (Fsp3) is 0.318. The predicted octanol–water partition coefficient (Wildman–Crippen LogP) is 3.10. The number of nitrogens with zero attached hydrogens (tertiary/aromatic N) is 2. The summed E-state index contributed by atoms with van der Waals surface area (Å²) >= 11 is 0. The van der Waals surface area contributed by atoms with Gasteiger partial charge in [0.25, 0.3) is 0 Å². The number of para-hydroxylation sites is 1. The van der Waals surface area contributed by atoms with E-state index in [0.29, 0.717) is 6.42 Å². The highest BCUT2D eigenvalue weighted by Crippen LogP contribution is 2.18. The van der Waals surface area contributed by atoms with E-state index in [1.807, 2.05) is 35.2 Å². The third-order valence-corrected chi connectivity index (χ3v) is 5.30. The van der Waals surface area contributed by atoms with Gasteiger partial charge in [-0.05, 0) is 23.6 Å². The number of aromatic amines is 1. The van der Waals surface area contributed by atoms with Gasteiger partial charge in [0.15, 0.2) is 0 Å². The van der Waals surface area contributed by atoms with E-state index < -0.39 is 0 Å². The van der Waals surface area contributed by atoms with Crippen LogP contribution in [0.25, 0.3) is 10.9 Å². The number of benzene rings is 2. The van der Waals surface area contributed by atoms with E-state index in [2.05, 4.69) is 40.3 Å². The minimum Gasteiger partial charge on any atom is -0.361 e. The first-order chi connectivity index (χ1) is 12.8. The van der Waals surface area contributed by atoms with Crippen molar-refractivity contribution >= 4 is 16.8 Å². The first kappa shape index (κ1) is 16.9. The van der Waals surface area contributed by atoms with Crippen molar-refractivity contribution in [2.45, 2.75) is 12.8 Å². The normalized spacial score (nSPS) is 15.5. The number of H-pyrrole nitrogens is 1. The Bertz CT molecular complexity index is 863. The molecule has 1 aliphatic heterocycles. The number of fused-ring (bicyclic) bond motifs is 1. The van der Waals surface area contributed by atoms with E-state index >= 15 is 0 Å². The van der Waals surface area contributed by atoms with E-state index in [1.54, 1.807) is 0 Å². The van der Waals surface area contributed by atoms with Crippen molar-refractivity contribution in [3.05, 3.63) is 71.9 Å². The molecule has 1 aromatic heterocycles. The van der Waals surface area contributed by atoms with Gasteiger partial charge in [-0.3, -0.25) is 9.69 Å². The zero-order valence-corrected chi connectivity index (χ0v) is 15.0. The van der Waals surface area contributed by atoms with Crippen molar-refractivity contribution in [1.82, 2.24) is 14.8 Å². The summed E-state index contributed by atoms with van der Waals surface area (Å²) in [5.41, 5.74) is 3.68. The van der Waals surface area contributed by atoms with Crippen LogP contribution < -0.4 is 0 Å². The van der Waals surface area contributed by atoms with E-state index in [1.165, 1.54) is 16.5 Å². The Hall–Kier alpha value is -2.59. The summed E-state index contributed by atoms with van der Waals surface area (Å²) < 4.78 is 0. The van der Waals surface area contributed by atoms with Crippen LogP contribution in [0, 0.1) is 0 Å². The summed E-state index contributed by atoms with van der Waals surface area (Å²) in [5, 5.41) is 1.32. The Morgan fingerprint density at radius 3 is 2.46 bits per heavy atom. The van der Waals surface area contributed by atoms with E-state index in [-0.39, 0.29) is 5.91 Å². The molecule has 0 spiro atoms. The van der Waals surface area contributed by atoms with E-state index in [0.717, 1.165) is 44.7 Å². The van der Waals surface area contributed by atoms with Crippen LogP contribution in [0.15, 0.2) is 60.8 Å². The van der Waals surface area contributed by atoms with Crippen LogP contribution in [0.5, 0.6) is 0 Å². The van der Waals surface area contributed by atoms with Gasteiger partial charge in [-0.15, -0.1) is 0 Å². The molecule has 0 bridgehead atoms. The minimum absolute atomic E-state index is 0.243. The zero-order chi connectivity index (χ0) is 17.8. The fourth-order valence-electron chi connectivity index (χ4n) is 3.72. The molecule has 1 aliphatic rings. The number of rotatable bonds is 5. The molecule has 0 aliphatic carbocycles. The van der Waals surface area contributed by atoms with Gasteiger partial charge in [0, 0.05) is 49.8 Å². The molecule has 0 saturated carbocycles. The van der Waals surface area contributed by atoms with Crippen LogP contribution in [-0.2, 0) is 17.6 Å². The molecule has 0 atom stereocenters. The summed E-state index contributed by atoms with van der Waals surface area (Å²) in [6.07, 6.45) is 3.68. The minimum atomic E-state index is 0.243. The molecule has 2 aromatic carbocycles. The third-order valence-electron chi connectivity index (χ3n) is 5.30. The summed E-state index contributed by atoms with van der Waals surface area (Å²) in [5.74, 6) is 0.243. The molecule has 2 heterocycles. The number of amides is 1. The van der Waals surface area contributed by atoms with Crippen LogP contribution in [0.1, 0.15) is 11.1 Å².